The lowest BCUT2D eigenvalue weighted by Gasteiger charge is -2.11. The van der Waals surface area contributed by atoms with Gasteiger partial charge in [0.2, 0.25) is 5.91 Å². The van der Waals surface area contributed by atoms with Gasteiger partial charge in [0.05, 0.1) is 18.6 Å². The molecule has 1 N–H and O–H groups in total. The normalized spacial score (nSPS) is 13.2. The summed E-state index contributed by atoms with van der Waals surface area (Å²) in [5.74, 6) is 1.00. The van der Waals surface area contributed by atoms with Crippen molar-refractivity contribution < 1.29 is 9.53 Å². The second kappa shape index (κ2) is 8.94. The zero-order valence-corrected chi connectivity index (χ0v) is 19.3. The third-order valence-corrected chi connectivity index (χ3v) is 8.14. The molecule has 158 valence electrons. The summed E-state index contributed by atoms with van der Waals surface area (Å²) < 4.78 is 5.19. The highest BCUT2D eigenvalue weighted by atomic mass is 32.2. The number of methoxy groups -OCH3 is 1. The molecule has 1 aromatic carbocycles. The Kier molecular flexibility index (Phi) is 5.89. The van der Waals surface area contributed by atoms with E-state index in [1.165, 1.54) is 46.4 Å². The summed E-state index contributed by atoms with van der Waals surface area (Å²) in [5.41, 5.74) is 3.20. The number of thiophene rings is 1. The predicted molar refractivity (Wildman–Crippen MR) is 128 cm³/mol. The van der Waals surface area contributed by atoms with Crippen LogP contribution in [0, 0.1) is 0 Å². The average Bonchev–Trinajstić information content (AvgIpc) is 3.42. The van der Waals surface area contributed by atoms with Gasteiger partial charge in [0.1, 0.15) is 21.9 Å². The number of rotatable bonds is 6. The van der Waals surface area contributed by atoms with E-state index in [0.29, 0.717) is 5.13 Å². The smallest absolute Gasteiger partial charge is 0.236 e. The van der Waals surface area contributed by atoms with Gasteiger partial charge in [-0.05, 0) is 55.5 Å². The van der Waals surface area contributed by atoms with Gasteiger partial charge in [-0.1, -0.05) is 11.8 Å². The van der Waals surface area contributed by atoms with Crippen molar-refractivity contribution >= 4 is 55.7 Å². The average molecular weight is 469 g/mol. The molecule has 5 rings (SSSR count). The zero-order valence-electron chi connectivity index (χ0n) is 16.9. The highest BCUT2D eigenvalue weighted by molar-refractivity contribution is 8.00. The minimum atomic E-state index is -0.0866. The van der Waals surface area contributed by atoms with Crippen LogP contribution in [0.1, 0.15) is 23.3 Å². The Morgan fingerprint density at radius 2 is 2.03 bits per heavy atom. The van der Waals surface area contributed by atoms with E-state index < -0.39 is 0 Å². The van der Waals surface area contributed by atoms with Gasteiger partial charge < -0.3 is 10.1 Å². The largest absolute Gasteiger partial charge is 0.497 e. The molecule has 0 fully saturated rings. The number of thioether (sulfide) groups is 1. The van der Waals surface area contributed by atoms with Gasteiger partial charge in [0.25, 0.3) is 0 Å². The minimum absolute atomic E-state index is 0.0866. The first-order valence-electron chi connectivity index (χ1n) is 9.99. The van der Waals surface area contributed by atoms with Crippen LogP contribution >= 0.6 is 34.4 Å². The van der Waals surface area contributed by atoms with Crippen molar-refractivity contribution in [1.82, 2.24) is 15.0 Å². The molecular formula is C22H20N4O2S3. The van der Waals surface area contributed by atoms with Crippen molar-refractivity contribution in [2.45, 2.75) is 30.7 Å². The number of aryl methyl sites for hydroxylation is 2. The van der Waals surface area contributed by atoms with Gasteiger partial charge in [0.15, 0.2) is 5.13 Å². The van der Waals surface area contributed by atoms with Gasteiger partial charge in [-0.25, -0.2) is 15.0 Å². The molecule has 0 spiro atoms. The Bertz CT molecular complexity index is 1230. The van der Waals surface area contributed by atoms with Crippen molar-refractivity contribution in [2.24, 2.45) is 0 Å². The highest BCUT2D eigenvalue weighted by Crippen LogP contribution is 2.39. The lowest BCUT2D eigenvalue weighted by molar-refractivity contribution is -0.113. The fourth-order valence-corrected chi connectivity index (χ4v) is 6.54. The van der Waals surface area contributed by atoms with E-state index in [9.17, 15) is 4.79 Å². The second-order valence-electron chi connectivity index (χ2n) is 7.17. The summed E-state index contributed by atoms with van der Waals surface area (Å²) in [7, 11) is 1.64. The van der Waals surface area contributed by atoms with Crippen LogP contribution in [0.2, 0.25) is 0 Å². The molecule has 0 bridgehead atoms. The van der Waals surface area contributed by atoms with Gasteiger partial charge >= 0.3 is 0 Å². The molecule has 4 aromatic rings. The Morgan fingerprint density at radius 3 is 2.87 bits per heavy atom. The topological polar surface area (TPSA) is 77.0 Å². The lowest BCUT2D eigenvalue weighted by Crippen LogP contribution is -2.14. The SMILES string of the molecule is COc1ccc(-c2csc(NC(=O)CSc3ncnc4sc5c(c34)CCCC5)n2)cc1. The molecule has 0 unspecified atom stereocenters. The third-order valence-electron chi connectivity index (χ3n) is 5.19. The minimum Gasteiger partial charge on any atom is -0.497 e. The summed E-state index contributed by atoms with van der Waals surface area (Å²) in [6, 6.07) is 7.71. The Morgan fingerprint density at radius 1 is 1.19 bits per heavy atom. The third kappa shape index (κ3) is 4.30. The molecule has 1 amide bonds. The van der Waals surface area contributed by atoms with Crippen LogP contribution in [-0.4, -0.2) is 33.7 Å². The number of carbonyl (C=O) groups is 1. The quantitative estimate of drug-likeness (QED) is 0.300. The summed E-state index contributed by atoms with van der Waals surface area (Å²) in [5, 5.41) is 7.50. The van der Waals surface area contributed by atoms with E-state index in [1.807, 2.05) is 29.6 Å². The van der Waals surface area contributed by atoms with Gasteiger partial charge in [-0.2, -0.15) is 0 Å². The van der Waals surface area contributed by atoms with E-state index in [-0.39, 0.29) is 11.7 Å². The first kappa shape index (κ1) is 20.4. The Hall–Kier alpha value is -2.49. The first-order chi connectivity index (χ1) is 15.2. The molecular weight excluding hydrogens is 448 g/mol. The number of anilines is 1. The number of nitrogens with one attached hydrogen (secondary N) is 1. The Balaban J connectivity index is 1.26. The van der Waals surface area contributed by atoms with Crippen LogP contribution in [0.25, 0.3) is 21.5 Å². The molecule has 0 aliphatic heterocycles. The van der Waals surface area contributed by atoms with E-state index in [0.717, 1.165) is 45.1 Å². The number of fused-ring (bicyclic) bond motifs is 3. The molecule has 9 heteroatoms. The van der Waals surface area contributed by atoms with E-state index in [4.69, 9.17) is 4.74 Å². The molecule has 1 aliphatic carbocycles. The fraction of sp³-hybridized carbons (Fsp3) is 0.273. The van der Waals surface area contributed by atoms with E-state index in [2.05, 4.69) is 20.3 Å². The van der Waals surface area contributed by atoms with Crippen LogP contribution in [0.5, 0.6) is 5.75 Å². The lowest BCUT2D eigenvalue weighted by atomic mass is 9.97. The van der Waals surface area contributed by atoms with Crippen molar-refractivity contribution in [2.75, 3.05) is 18.2 Å². The summed E-state index contributed by atoms with van der Waals surface area (Å²) in [6.07, 6.45) is 6.26. The number of amides is 1. The maximum Gasteiger partial charge on any atom is 0.236 e. The number of hydrogen-bond acceptors (Lipinski definition) is 8. The fourth-order valence-electron chi connectivity index (χ4n) is 3.69. The van der Waals surface area contributed by atoms with E-state index >= 15 is 0 Å². The van der Waals surface area contributed by atoms with Crippen LogP contribution in [0.4, 0.5) is 5.13 Å². The summed E-state index contributed by atoms with van der Waals surface area (Å²) >= 11 is 4.66. The molecule has 0 saturated carbocycles. The number of ether oxygens (including phenoxy) is 1. The van der Waals surface area contributed by atoms with Crippen molar-refractivity contribution in [1.29, 1.82) is 0 Å². The molecule has 3 heterocycles. The van der Waals surface area contributed by atoms with Crippen molar-refractivity contribution in [3.8, 4) is 17.0 Å². The molecule has 6 nitrogen and oxygen atoms in total. The van der Waals surface area contributed by atoms with Gasteiger partial charge in [0, 0.05) is 21.2 Å². The molecule has 0 saturated heterocycles. The van der Waals surface area contributed by atoms with Crippen LogP contribution in [0.3, 0.4) is 0 Å². The summed E-state index contributed by atoms with van der Waals surface area (Å²) in [4.78, 5) is 28.5. The maximum absolute atomic E-state index is 12.6. The molecule has 0 atom stereocenters. The van der Waals surface area contributed by atoms with E-state index in [1.54, 1.807) is 24.8 Å². The van der Waals surface area contributed by atoms with Crippen LogP contribution < -0.4 is 10.1 Å². The number of hydrogen-bond donors (Lipinski definition) is 1. The Labute approximate surface area is 192 Å². The number of carbonyl (C=O) groups excluding carboxylic acids is 1. The summed E-state index contributed by atoms with van der Waals surface area (Å²) in [6.45, 7) is 0. The van der Waals surface area contributed by atoms with Crippen molar-refractivity contribution in [3.63, 3.8) is 0 Å². The molecule has 31 heavy (non-hydrogen) atoms. The first-order valence-corrected chi connectivity index (χ1v) is 12.7. The number of nitrogens with zero attached hydrogens (tertiary/aromatic N) is 3. The van der Waals surface area contributed by atoms with Crippen molar-refractivity contribution in [3.05, 3.63) is 46.4 Å². The molecule has 1 aliphatic rings. The van der Waals surface area contributed by atoms with Crippen LogP contribution in [-0.2, 0) is 17.6 Å². The molecule has 3 aromatic heterocycles. The standard InChI is InChI=1S/C22H20N4O2S3/c1-28-14-8-6-13(7-9-14)16-10-30-22(25-16)26-18(27)11-29-20-19-15-4-2-3-5-17(15)31-21(19)24-12-23-20/h6-10,12H,2-5,11H2,1H3,(H,25,26,27). The number of thiazole rings is 1. The number of aromatic nitrogens is 3. The predicted octanol–water partition coefficient (Wildman–Crippen LogP) is 5.43. The van der Waals surface area contributed by atoms with Gasteiger partial charge in [-0.3, -0.25) is 4.79 Å². The molecule has 0 radical (unpaired) electrons. The second-order valence-corrected chi connectivity index (χ2v) is 10.1. The monoisotopic (exact) mass is 468 g/mol. The number of benzene rings is 1. The zero-order chi connectivity index (χ0) is 21.2. The van der Waals surface area contributed by atoms with Gasteiger partial charge in [-0.15, -0.1) is 22.7 Å². The highest BCUT2D eigenvalue weighted by Gasteiger charge is 2.20. The van der Waals surface area contributed by atoms with Crippen LogP contribution in [0.15, 0.2) is 41.0 Å². The maximum atomic E-state index is 12.6.